The Hall–Kier alpha value is -1.92. The molecule has 0 saturated carbocycles. The molecule has 1 aromatic carbocycles. The van der Waals surface area contributed by atoms with Gasteiger partial charge in [0.1, 0.15) is 5.82 Å². The van der Waals surface area contributed by atoms with Crippen LogP contribution in [0.25, 0.3) is 0 Å². The second-order valence-corrected chi connectivity index (χ2v) is 6.83. The van der Waals surface area contributed by atoms with E-state index in [1.807, 2.05) is 18.0 Å². The van der Waals surface area contributed by atoms with Crippen LogP contribution in [0.15, 0.2) is 30.6 Å². The zero-order valence-corrected chi connectivity index (χ0v) is 15.0. The summed E-state index contributed by atoms with van der Waals surface area (Å²) in [5.74, 6) is -0.163. The van der Waals surface area contributed by atoms with Crippen LogP contribution in [0.3, 0.4) is 0 Å². The monoisotopic (exact) mass is 364 g/mol. The van der Waals surface area contributed by atoms with E-state index < -0.39 is 0 Å². The highest BCUT2D eigenvalue weighted by Gasteiger charge is 2.21. The van der Waals surface area contributed by atoms with E-state index in [9.17, 15) is 9.18 Å². The molecule has 0 atom stereocenters. The van der Waals surface area contributed by atoms with E-state index in [1.54, 1.807) is 16.9 Å². The summed E-state index contributed by atoms with van der Waals surface area (Å²) in [5.41, 5.74) is 2.01. The van der Waals surface area contributed by atoms with Crippen molar-refractivity contribution in [1.29, 1.82) is 0 Å². The van der Waals surface area contributed by atoms with Crippen LogP contribution >= 0.6 is 11.6 Å². The van der Waals surface area contributed by atoms with E-state index in [0.29, 0.717) is 37.6 Å². The molecule has 0 spiro atoms. The summed E-state index contributed by atoms with van der Waals surface area (Å²) in [4.78, 5) is 16.5. The fourth-order valence-corrected chi connectivity index (χ4v) is 3.23. The SMILES string of the molecule is Cc1cnn(CCC(=O)N2CCN(Cc3ccc(F)cc3Cl)CC2)c1. The Morgan fingerprint density at radius 1 is 1.28 bits per heavy atom. The number of hydrogen-bond donors (Lipinski definition) is 0. The predicted octanol–water partition coefficient (Wildman–Crippen LogP) is 2.72. The third-order valence-corrected chi connectivity index (χ3v) is 4.80. The minimum absolute atomic E-state index is 0.160. The molecule has 1 saturated heterocycles. The molecular weight excluding hydrogens is 343 g/mol. The summed E-state index contributed by atoms with van der Waals surface area (Å²) in [5, 5.41) is 4.66. The van der Waals surface area contributed by atoms with Gasteiger partial charge in [-0.3, -0.25) is 14.4 Å². The first-order valence-corrected chi connectivity index (χ1v) is 8.82. The molecule has 1 amide bonds. The fraction of sp³-hybridized carbons (Fsp3) is 0.444. The van der Waals surface area contributed by atoms with Crippen molar-refractivity contribution >= 4 is 17.5 Å². The number of piperazine rings is 1. The van der Waals surface area contributed by atoms with Crippen LogP contribution in [0.5, 0.6) is 0 Å². The number of amides is 1. The zero-order valence-electron chi connectivity index (χ0n) is 14.3. The largest absolute Gasteiger partial charge is 0.340 e. The number of aromatic nitrogens is 2. The van der Waals surface area contributed by atoms with Gasteiger partial charge in [0.05, 0.1) is 6.20 Å². The van der Waals surface area contributed by atoms with Gasteiger partial charge >= 0.3 is 0 Å². The molecule has 2 aromatic rings. The highest BCUT2D eigenvalue weighted by atomic mass is 35.5. The van der Waals surface area contributed by atoms with Gasteiger partial charge in [0.2, 0.25) is 5.91 Å². The van der Waals surface area contributed by atoms with Crippen LogP contribution in [-0.4, -0.2) is 51.7 Å². The minimum Gasteiger partial charge on any atom is -0.340 e. The van der Waals surface area contributed by atoms with Crippen molar-refractivity contribution in [3.63, 3.8) is 0 Å². The smallest absolute Gasteiger partial charge is 0.224 e. The van der Waals surface area contributed by atoms with Crippen LogP contribution in [0.4, 0.5) is 4.39 Å². The lowest BCUT2D eigenvalue weighted by atomic mass is 10.2. The second-order valence-electron chi connectivity index (χ2n) is 6.42. The Bertz CT molecular complexity index is 740. The maximum Gasteiger partial charge on any atom is 0.224 e. The number of hydrogen-bond acceptors (Lipinski definition) is 3. The van der Waals surface area contributed by atoms with Gasteiger partial charge in [-0.05, 0) is 30.2 Å². The number of carbonyl (C=O) groups is 1. The van der Waals surface area contributed by atoms with Crippen molar-refractivity contribution in [1.82, 2.24) is 19.6 Å². The summed E-state index contributed by atoms with van der Waals surface area (Å²) in [6.07, 6.45) is 4.20. The summed E-state index contributed by atoms with van der Waals surface area (Å²) in [7, 11) is 0. The van der Waals surface area contributed by atoms with Crippen LogP contribution in [0.2, 0.25) is 5.02 Å². The lowest BCUT2D eigenvalue weighted by Crippen LogP contribution is -2.48. The van der Waals surface area contributed by atoms with Gasteiger partial charge in [0.25, 0.3) is 0 Å². The molecule has 0 bridgehead atoms. The van der Waals surface area contributed by atoms with E-state index >= 15 is 0 Å². The summed E-state index contributed by atoms with van der Waals surface area (Å²) < 4.78 is 14.9. The Morgan fingerprint density at radius 2 is 2.04 bits per heavy atom. The van der Waals surface area contributed by atoms with Gasteiger partial charge in [-0.2, -0.15) is 5.10 Å². The highest BCUT2D eigenvalue weighted by Crippen LogP contribution is 2.19. The first kappa shape index (κ1) is 17.9. The average molecular weight is 365 g/mol. The number of nitrogens with zero attached hydrogens (tertiary/aromatic N) is 4. The summed E-state index contributed by atoms with van der Waals surface area (Å²) >= 11 is 6.09. The zero-order chi connectivity index (χ0) is 17.8. The van der Waals surface area contributed by atoms with Crippen molar-refractivity contribution < 1.29 is 9.18 Å². The standard InChI is InChI=1S/C18H22ClFN4O/c1-14-11-21-24(12-14)5-4-18(25)23-8-6-22(7-9-23)13-15-2-3-16(20)10-17(15)19/h2-3,10-12H,4-9,13H2,1H3. The molecule has 0 N–H and O–H groups in total. The van der Waals surface area contributed by atoms with Crippen molar-refractivity contribution in [3.8, 4) is 0 Å². The number of aryl methyl sites for hydroxylation is 2. The first-order chi connectivity index (χ1) is 12.0. The molecule has 1 fully saturated rings. The Morgan fingerprint density at radius 3 is 2.68 bits per heavy atom. The highest BCUT2D eigenvalue weighted by molar-refractivity contribution is 6.31. The first-order valence-electron chi connectivity index (χ1n) is 8.44. The predicted molar refractivity (Wildman–Crippen MR) is 94.8 cm³/mol. The molecule has 1 aliphatic heterocycles. The third kappa shape index (κ3) is 4.80. The molecule has 1 aliphatic rings. The lowest BCUT2D eigenvalue weighted by molar-refractivity contribution is -0.133. The molecule has 1 aromatic heterocycles. The quantitative estimate of drug-likeness (QED) is 0.819. The third-order valence-electron chi connectivity index (χ3n) is 4.45. The summed E-state index contributed by atoms with van der Waals surface area (Å²) in [6, 6.07) is 4.49. The Balaban J connectivity index is 1.45. The lowest BCUT2D eigenvalue weighted by Gasteiger charge is -2.35. The maximum atomic E-state index is 13.1. The van der Waals surface area contributed by atoms with Gasteiger partial charge < -0.3 is 4.90 Å². The van der Waals surface area contributed by atoms with Gasteiger partial charge in [0, 0.05) is 56.9 Å². The van der Waals surface area contributed by atoms with Crippen molar-refractivity contribution in [3.05, 3.63) is 52.6 Å². The number of benzene rings is 1. The van der Waals surface area contributed by atoms with Crippen LogP contribution in [0.1, 0.15) is 17.5 Å². The topological polar surface area (TPSA) is 41.4 Å². The van der Waals surface area contributed by atoms with Gasteiger partial charge in [0.15, 0.2) is 0 Å². The van der Waals surface area contributed by atoms with Gasteiger partial charge in [-0.15, -0.1) is 0 Å². The molecule has 0 aliphatic carbocycles. The summed E-state index contributed by atoms with van der Waals surface area (Å²) in [6.45, 7) is 6.26. The number of carbonyl (C=O) groups excluding carboxylic acids is 1. The van der Waals surface area contributed by atoms with E-state index in [0.717, 1.165) is 24.2 Å². The van der Waals surface area contributed by atoms with E-state index in [1.165, 1.54) is 12.1 Å². The number of rotatable bonds is 5. The van der Waals surface area contributed by atoms with Crippen molar-refractivity contribution in [2.75, 3.05) is 26.2 Å². The molecule has 7 heteroatoms. The van der Waals surface area contributed by atoms with Crippen molar-refractivity contribution in [2.45, 2.75) is 26.4 Å². The van der Waals surface area contributed by atoms with Crippen LogP contribution in [0, 0.1) is 12.7 Å². The maximum absolute atomic E-state index is 13.1. The molecule has 0 radical (unpaired) electrons. The minimum atomic E-state index is -0.323. The van der Waals surface area contributed by atoms with Crippen LogP contribution < -0.4 is 0 Å². The van der Waals surface area contributed by atoms with Gasteiger partial charge in [-0.25, -0.2) is 4.39 Å². The van der Waals surface area contributed by atoms with Gasteiger partial charge in [-0.1, -0.05) is 17.7 Å². The Labute approximate surface area is 152 Å². The fourth-order valence-electron chi connectivity index (χ4n) is 3.00. The van der Waals surface area contributed by atoms with Crippen LogP contribution in [-0.2, 0) is 17.9 Å². The number of halogens is 2. The molecule has 5 nitrogen and oxygen atoms in total. The van der Waals surface area contributed by atoms with E-state index in [-0.39, 0.29) is 11.7 Å². The molecule has 134 valence electrons. The normalized spacial score (nSPS) is 15.6. The molecular formula is C18H22ClFN4O. The molecule has 2 heterocycles. The Kier molecular flexibility index (Phi) is 5.71. The molecule has 25 heavy (non-hydrogen) atoms. The average Bonchev–Trinajstić information content (AvgIpc) is 3.01. The molecule has 3 rings (SSSR count). The van der Waals surface area contributed by atoms with E-state index in [4.69, 9.17) is 11.6 Å². The molecule has 0 unspecified atom stereocenters. The van der Waals surface area contributed by atoms with Crippen molar-refractivity contribution in [2.24, 2.45) is 0 Å². The van der Waals surface area contributed by atoms with E-state index in [2.05, 4.69) is 10.00 Å². The second kappa shape index (κ2) is 7.97.